The maximum absolute atomic E-state index is 12.9. The van der Waals surface area contributed by atoms with Gasteiger partial charge >= 0.3 is 6.03 Å². The van der Waals surface area contributed by atoms with Crippen molar-refractivity contribution in [1.29, 1.82) is 0 Å². The van der Waals surface area contributed by atoms with Crippen LogP contribution >= 0.6 is 0 Å². The summed E-state index contributed by atoms with van der Waals surface area (Å²) in [5, 5.41) is 8.56. The zero-order chi connectivity index (χ0) is 23.0. The first-order valence-corrected chi connectivity index (χ1v) is 11.0. The largest absolute Gasteiger partial charge is 0.349 e. The number of hydrogen-bond acceptors (Lipinski definition) is 3. The van der Waals surface area contributed by atoms with Crippen LogP contribution in [0.2, 0.25) is 0 Å². The van der Waals surface area contributed by atoms with E-state index in [2.05, 4.69) is 16.0 Å². The minimum Gasteiger partial charge on any atom is -0.349 e. The fourth-order valence-electron chi connectivity index (χ4n) is 3.78. The van der Waals surface area contributed by atoms with E-state index in [0.717, 1.165) is 0 Å². The number of amides is 4. The lowest BCUT2D eigenvalue weighted by Crippen LogP contribution is -2.46. The zero-order valence-electron chi connectivity index (χ0n) is 18.2. The number of urea groups is 1. The number of carbonyl (C=O) groups is 3. The van der Waals surface area contributed by atoms with Crippen molar-refractivity contribution in [1.82, 2.24) is 10.2 Å². The first-order valence-electron chi connectivity index (χ1n) is 11.0. The zero-order valence-corrected chi connectivity index (χ0v) is 18.2. The Kier molecular flexibility index (Phi) is 6.99. The van der Waals surface area contributed by atoms with Crippen LogP contribution in [0.15, 0.2) is 84.9 Å². The number of piperidine rings is 1. The van der Waals surface area contributed by atoms with Gasteiger partial charge in [0, 0.05) is 41.6 Å². The molecule has 1 aliphatic rings. The summed E-state index contributed by atoms with van der Waals surface area (Å²) in [6.07, 6.45) is 1.42. The van der Waals surface area contributed by atoms with Gasteiger partial charge in [-0.1, -0.05) is 36.4 Å². The Hall–Kier alpha value is -4.13. The summed E-state index contributed by atoms with van der Waals surface area (Å²) in [7, 11) is 0. The van der Waals surface area contributed by atoms with Gasteiger partial charge in [-0.05, 0) is 61.4 Å². The number of nitrogens with one attached hydrogen (secondary N) is 3. The minimum absolute atomic E-state index is 0.0523. The van der Waals surface area contributed by atoms with E-state index < -0.39 is 0 Å². The van der Waals surface area contributed by atoms with Gasteiger partial charge in [0.15, 0.2) is 0 Å². The van der Waals surface area contributed by atoms with Crippen LogP contribution < -0.4 is 16.0 Å². The molecule has 3 aromatic rings. The SMILES string of the molecule is O=C(Nc1ccccc1)Nc1ccc(C(=O)N2CCC(NC(=O)c3ccccc3)CC2)cc1. The van der Waals surface area contributed by atoms with Crippen LogP contribution in [0, 0.1) is 0 Å². The molecule has 0 spiro atoms. The van der Waals surface area contributed by atoms with Crippen LogP contribution in [-0.2, 0) is 0 Å². The van der Waals surface area contributed by atoms with E-state index in [1.54, 1.807) is 53.4 Å². The maximum Gasteiger partial charge on any atom is 0.323 e. The smallest absolute Gasteiger partial charge is 0.323 e. The van der Waals surface area contributed by atoms with Gasteiger partial charge in [-0.15, -0.1) is 0 Å². The highest BCUT2D eigenvalue weighted by Crippen LogP contribution is 2.17. The van der Waals surface area contributed by atoms with E-state index in [-0.39, 0.29) is 23.9 Å². The van der Waals surface area contributed by atoms with Crippen molar-refractivity contribution >= 4 is 29.2 Å². The molecule has 3 aromatic carbocycles. The summed E-state index contributed by atoms with van der Waals surface area (Å²) in [5.41, 5.74) is 2.51. The number of rotatable bonds is 5. The van der Waals surface area contributed by atoms with E-state index in [1.807, 2.05) is 36.4 Å². The van der Waals surface area contributed by atoms with Gasteiger partial charge in [-0.3, -0.25) is 9.59 Å². The van der Waals surface area contributed by atoms with Crippen LogP contribution in [0.4, 0.5) is 16.2 Å². The van der Waals surface area contributed by atoms with Gasteiger partial charge < -0.3 is 20.9 Å². The predicted octanol–water partition coefficient (Wildman–Crippen LogP) is 4.37. The third kappa shape index (κ3) is 5.98. The second kappa shape index (κ2) is 10.5. The average molecular weight is 443 g/mol. The summed E-state index contributed by atoms with van der Waals surface area (Å²) in [4.78, 5) is 39.1. The minimum atomic E-state index is -0.347. The molecular weight excluding hydrogens is 416 g/mol. The van der Waals surface area contributed by atoms with Crippen molar-refractivity contribution in [2.75, 3.05) is 23.7 Å². The molecule has 1 heterocycles. The Bertz CT molecular complexity index is 1090. The van der Waals surface area contributed by atoms with Gasteiger partial charge in [0.25, 0.3) is 11.8 Å². The van der Waals surface area contributed by atoms with E-state index in [0.29, 0.717) is 48.4 Å². The molecule has 0 saturated carbocycles. The molecule has 0 unspecified atom stereocenters. The summed E-state index contributed by atoms with van der Waals surface area (Å²) >= 11 is 0. The average Bonchev–Trinajstić information content (AvgIpc) is 2.85. The molecule has 1 fully saturated rings. The summed E-state index contributed by atoms with van der Waals surface area (Å²) in [6, 6.07) is 24.9. The number of likely N-dealkylation sites (tertiary alicyclic amines) is 1. The number of benzene rings is 3. The van der Waals surface area contributed by atoms with Crippen LogP contribution in [0.3, 0.4) is 0 Å². The van der Waals surface area contributed by atoms with Gasteiger partial charge in [0.05, 0.1) is 0 Å². The van der Waals surface area contributed by atoms with Gasteiger partial charge in [-0.25, -0.2) is 4.79 Å². The first kappa shape index (κ1) is 22.1. The van der Waals surface area contributed by atoms with Crippen molar-refractivity contribution in [2.45, 2.75) is 18.9 Å². The van der Waals surface area contributed by atoms with Crippen LogP contribution in [-0.4, -0.2) is 41.9 Å². The molecule has 33 heavy (non-hydrogen) atoms. The molecule has 1 saturated heterocycles. The third-order valence-corrected chi connectivity index (χ3v) is 5.57. The Morgan fingerprint density at radius 2 is 1.21 bits per heavy atom. The second-order valence-corrected chi connectivity index (χ2v) is 7.93. The standard InChI is InChI=1S/C26H26N4O3/c31-24(19-7-3-1-4-8-19)27-23-15-17-30(18-16-23)25(32)20-11-13-22(14-12-20)29-26(33)28-21-9-5-2-6-10-21/h1-14,23H,15-18H2,(H,27,31)(H2,28,29,33). The molecule has 4 amide bonds. The maximum atomic E-state index is 12.9. The van der Waals surface area contributed by atoms with Crippen LogP contribution in [0.25, 0.3) is 0 Å². The number of nitrogens with zero attached hydrogens (tertiary/aromatic N) is 1. The number of carbonyl (C=O) groups excluding carboxylic acids is 3. The second-order valence-electron chi connectivity index (χ2n) is 7.93. The van der Waals surface area contributed by atoms with E-state index in [9.17, 15) is 14.4 Å². The lowest BCUT2D eigenvalue weighted by Gasteiger charge is -2.32. The Labute approximate surface area is 192 Å². The van der Waals surface area contributed by atoms with E-state index >= 15 is 0 Å². The quantitative estimate of drug-likeness (QED) is 0.548. The molecule has 0 atom stereocenters. The monoisotopic (exact) mass is 442 g/mol. The number of para-hydroxylation sites is 1. The fraction of sp³-hybridized carbons (Fsp3) is 0.192. The molecule has 0 aliphatic carbocycles. The lowest BCUT2D eigenvalue weighted by atomic mass is 10.0. The molecule has 0 bridgehead atoms. The van der Waals surface area contributed by atoms with Gasteiger partial charge in [0.2, 0.25) is 0 Å². The van der Waals surface area contributed by atoms with Crippen molar-refractivity contribution in [3.05, 3.63) is 96.1 Å². The van der Waals surface area contributed by atoms with Gasteiger partial charge in [-0.2, -0.15) is 0 Å². The van der Waals surface area contributed by atoms with Crippen LogP contribution in [0.5, 0.6) is 0 Å². The van der Waals surface area contributed by atoms with Crippen molar-refractivity contribution < 1.29 is 14.4 Å². The third-order valence-electron chi connectivity index (χ3n) is 5.57. The predicted molar refractivity (Wildman–Crippen MR) is 128 cm³/mol. The molecule has 3 N–H and O–H groups in total. The fourth-order valence-corrected chi connectivity index (χ4v) is 3.78. The topological polar surface area (TPSA) is 90.5 Å². The Morgan fingerprint density at radius 3 is 1.82 bits per heavy atom. The summed E-state index contributed by atoms with van der Waals surface area (Å²) < 4.78 is 0. The van der Waals surface area contributed by atoms with Crippen molar-refractivity contribution in [3.8, 4) is 0 Å². The van der Waals surface area contributed by atoms with Crippen molar-refractivity contribution in [2.24, 2.45) is 0 Å². The number of hydrogen-bond donors (Lipinski definition) is 3. The van der Waals surface area contributed by atoms with Crippen LogP contribution in [0.1, 0.15) is 33.6 Å². The summed E-state index contributed by atoms with van der Waals surface area (Å²) in [6.45, 7) is 1.16. The van der Waals surface area contributed by atoms with E-state index in [4.69, 9.17) is 0 Å². The normalized spacial score (nSPS) is 13.8. The highest BCUT2D eigenvalue weighted by molar-refractivity contribution is 6.00. The lowest BCUT2D eigenvalue weighted by molar-refractivity contribution is 0.0698. The van der Waals surface area contributed by atoms with Crippen molar-refractivity contribution in [3.63, 3.8) is 0 Å². The highest BCUT2D eigenvalue weighted by atomic mass is 16.2. The molecule has 0 radical (unpaired) electrons. The van der Waals surface area contributed by atoms with E-state index in [1.165, 1.54) is 0 Å². The summed E-state index contributed by atoms with van der Waals surface area (Å²) in [5.74, 6) is -0.136. The molecule has 1 aliphatic heterocycles. The molecule has 168 valence electrons. The molecule has 7 nitrogen and oxygen atoms in total. The van der Waals surface area contributed by atoms with Gasteiger partial charge in [0.1, 0.15) is 0 Å². The molecule has 4 rings (SSSR count). The molecule has 7 heteroatoms. The highest BCUT2D eigenvalue weighted by Gasteiger charge is 2.25. The Balaban J connectivity index is 1.25. The number of anilines is 2. The molecule has 0 aromatic heterocycles. The Morgan fingerprint density at radius 1 is 0.667 bits per heavy atom. The first-order chi connectivity index (χ1) is 16.1. The molecular formula is C26H26N4O3.